The minimum atomic E-state index is -0.674. The van der Waals surface area contributed by atoms with E-state index in [0.29, 0.717) is 18.4 Å². The van der Waals surface area contributed by atoms with E-state index in [-0.39, 0.29) is 17.5 Å². The number of carbonyl (C=O) groups is 1. The molecule has 3 heteroatoms. The van der Waals surface area contributed by atoms with E-state index in [2.05, 4.69) is 72.8 Å². The zero-order chi connectivity index (χ0) is 19.5. The van der Waals surface area contributed by atoms with E-state index in [0.717, 1.165) is 5.56 Å². The van der Waals surface area contributed by atoms with E-state index in [1.165, 1.54) is 14.7 Å². The molecule has 0 aliphatic heterocycles. The van der Waals surface area contributed by atoms with Gasteiger partial charge in [-0.15, -0.1) is 0 Å². The Balaban J connectivity index is 1.75. The number of ketones is 1. The van der Waals surface area contributed by atoms with Crippen LogP contribution in [-0.2, 0) is 4.79 Å². The molecule has 0 saturated carbocycles. The van der Waals surface area contributed by atoms with Crippen molar-refractivity contribution >= 4 is 16.7 Å². The second kappa shape index (κ2) is 8.07. The topological polar surface area (TPSA) is 37.3 Å². The zero-order valence-electron chi connectivity index (χ0n) is 15.9. The van der Waals surface area contributed by atoms with E-state index in [4.69, 9.17) is 0 Å². The lowest BCUT2D eigenvalue weighted by molar-refractivity contribution is -0.116. The van der Waals surface area contributed by atoms with Crippen molar-refractivity contribution in [3.8, 4) is 0 Å². The maximum absolute atomic E-state index is 12.2. The summed E-state index contributed by atoms with van der Waals surface area (Å²) in [5.41, 5.74) is 1.65. The van der Waals surface area contributed by atoms with Crippen molar-refractivity contribution in [1.82, 2.24) is 0 Å². The first-order chi connectivity index (χ1) is 13.6. The lowest BCUT2D eigenvalue weighted by Crippen LogP contribution is -2.16. The van der Waals surface area contributed by atoms with Gasteiger partial charge < -0.3 is 5.11 Å². The molecule has 3 aromatic rings. The monoisotopic (exact) mass is 388 g/mol. The molecule has 0 radical (unpaired) electrons. The SMILES string of the molecule is CC1=C(O)CC(c2cccc([SH](c3ccccc3)c3ccccc3)c2)CC1=O. The molecular weight excluding hydrogens is 364 g/mol. The number of allylic oxidation sites excluding steroid dienone is 2. The number of aliphatic hydroxyl groups excluding tert-OH is 1. The Morgan fingerprint density at radius 1 is 0.786 bits per heavy atom. The lowest BCUT2D eigenvalue weighted by atomic mass is 9.83. The van der Waals surface area contributed by atoms with Crippen LogP contribution in [-0.4, -0.2) is 10.9 Å². The normalized spacial score (nSPS) is 17.5. The molecule has 0 fully saturated rings. The maximum Gasteiger partial charge on any atom is 0.162 e. The van der Waals surface area contributed by atoms with Gasteiger partial charge in [-0.05, 0) is 69.5 Å². The summed E-state index contributed by atoms with van der Waals surface area (Å²) in [6, 6.07) is 29.8. The minimum absolute atomic E-state index is 0.0412. The molecule has 0 bridgehead atoms. The molecule has 1 N–H and O–H groups in total. The molecule has 3 aromatic carbocycles. The average molecular weight is 389 g/mol. The van der Waals surface area contributed by atoms with E-state index in [1.54, 1.807) is 6.92 Å². The predicted molar refractivity (Wildman–Crippen MR) is 115 cm³/mol. The summed E-state index contributed by atoms with van der Waals surface area (Å²) in [4.78, 5) is 16.1. The van der Waals surface area contributed by atoms with Crippen LogP contribution >= 0.6 is 10.9 Å². The van der Waals surface area contributed by atoms with Gasteiger partial charge in [-0.25, -0.2) is 0 Å². The Morgan fingerprint density at radius 3 is 1.93 bits per heavy atom. The first kappa shape index (κ1) is 18.6. The van der Waals surface area contributed by atoms with Crippen molar-refractivity contribution in [3.05, 3.63) is 102 Å². The van der Waals surface area contributed by atoms with E-state index < -0.39 is 10.9 Å². The van der Waals surface area contributed by atoms with Gasteiger partial charge in [-0.2, -0.15) is 10.9 Å². The highest BCUT2D eigenvalue weighted by Gasteiger charge is 2.26. The van der Waals surface area contributed by atoms with Crippen LogP contribution in [0.1, 0.15) is 31.2 Å². The van der Waals surface area contributed by atoms with Crippen molar-refractivity contribution in [2.24, 2.45) is 0 Å². The lowest BCUT2D eigenvalue weighted by Gasteiger charge is -2.26. The second-order valence-corrected chi connectivity index (χ2v) is 9.42. The summed E-state index contributed by atoms with van der Waals surface area (Å²) in [5, 5.41) is 10.2. The number of hydrogen-bond acceptors (Lipinski definition) is 2. The smallest absolute Gasteiger partial charge is 0.162 e. The van der Waals surface area contributed by atoms with Crippen LogP contribution in [0.15, 0.2) is 111 Å². The molecular formula is C25H24O2S. The molecule has 1 aliphatic rings. The quantitative estimate of drug-likeness (QED) is 0.504. The second-order valence-electron chi connectivity index (χ2n) is 7.20. The third-order valence-electron chi connectivity index (χ3n) is 5.35. The van der Waals surface area contributed by atoms with Crippen molar-refractivity contribution < 1.29 is 9.90 Å². The Kier molecular flexibility index (Phi) is 5.36. The van der Waals surface area contributed by atoms with Gasteiger partial charge in [0.1, 0.15) is 0 Å². The number of carbonyl (C=O) groups excluding carboxylic acids is 1. The van der Waals surface area contributed by atoms with Gasteiger partial charge in [0.2, 0.25) is 0 Å². The van der Waals surface area contributed by atoms with Gasteiger partial charge in [0.25, 0.3) is 0 Å². The number of aliphatic hydroxyl groups is 1. The van der Waals surface area contributed by atoms with Crippen molar-refractivity contribution in [1.29, 1.82) is 0 Å². The van der Waals surface area contributed by atoms with Crippen LogP contribution in [0.2, 0.25) is 0 Å². The molecule has 0 amide bonds. The summed E-state index contributed by atoms with van der Waals surface area (Å²) in [6.07, 6.45) is 1.00. The first-order valence-electron chi connectivity index (χ1n) is 9.55. The summed E-state index contributed by atoms with van der Waals surface area (Å²) < 4.78 is 0. The Labute approximate surface area is 168 Å². The van der Waals surface area contributed by atoms with Crippen LogP contribution in [0.3, 0.4) is 0 Å². The standard InChI is InChI=1S/C25H24O2S/c1-18-24(26)16-20(17-25(18)27)19-9-8-14-23(15-19)28(21-10-4-2-5-11-21)22-12-6-3-7-13-22/h2-15,20,26,28H,16-17H2,1H3. The van der Waals surface area contributed by atoms with Crippen LogP contribution in [0, 0.1) is 0 Å². The number of benzene rings is 3. The van der Waals surface area contributed by atoms with E-state index >= 15 is 0 Å². The molecule has 0 heterocycles. The number of rotatable bonds is 4. The van der Waals surface area contributed by atoms with Gasteiger partial charge in [0.15, 0.2) is 5.78 Å². The van der Waals surface area contributed by atoms with Gasteiger partial charge in [-0.3, -0.25) is 4.79 Å². The fourth-order valence-corrected chi connectivity index (χ4v) is 6.10. The first-order valence-corrected chi connectivity index (χ1v) is 10.9. The molecule has 1 atom stereocenters. The largest absolute Gasteiger partial charge is 0.512 e. The van der Waals surface area contributed by atoms with Crippen molar-refractivity contribution in [3.63, 3.8) is 0 Å². The summed E-state index contributed by atoms with van der Waals surface area (Å²) in [5.74, 6) is 0.326. The number of hydrogen-bond donors (Lipinski definition) is 2. The molecule has 1 aliphatic carbocycles. The average Bonchev–Trinajstić information content (AvgIpc) is 2.74. The Hall–Kier alpha value is -2.78. The highest BCUT2D eigenvalue weighted by molar-refractivity contribution is 8.17. The van der Waals surface area contributed by atoms with Crippen LogP contribution < -0.4 is 0 Å². The number of thiol groups is 1. The van der Waals surface area contributed by atoms with Crippen molar-refractivity contribution in [2.75, 3.05) is 0 Å². The molecule has 0 saturated heterocycles. The van der Waals surface area contributed by atoms with Crippen LogP contribution in [0.5, 0.6) is 0 Å². The third kappa shape index (κ3) is 3.76. The summed E-state index contributed by atoms with van der Waals surface area (Å²) in [6.45, 7) is 1.72. The van der Waals surface area contributed by atoms with Crippen LogP contribution in [0.25, 0.3) is 0 Å². The highest BCUT2D eigenvalue weighted by Crippen LogP contribution is 2.51. The maximum atomic E-state index is 12.2. The molecule has 0 spiro atoms. The molecule has 0 aromatic heterocycles. The number of Topliss-reactive ketones (excluding diaryl/α,β-unsaturated/α-hetero) is 1. The van der Waals surface area contributed by atoms with Gasteiger partial charge in [0, 0.05) is 18.4 Å². The highest BCUT2D eigenvalue weighted by atomic mass is 32.2. The van der Waals surface area contributed by atoms with E-state index in [9.17, 15) is 9.90 Å². The van der Waals surface area contributed by atoms with Crippen LogP contribution in [0.4, 0.5) is 0 Å². The molecule has 4 rings (SSSR count). The minimum Gasteiger partial charge on any atom is -0.512 e. The third-order valence-corrected chi connectivity index (χ3v) is 7.77. The van der Waals surface area contributed by atoms with Gasteiger partial charge in [0.05, 0.1) is 5.76 Å². The summed E-state index contributed by atoms with van der Waals surface area (Å²) >= 11 is 0. The predicted octanol–water partition coefficient (Wildman–Crippen LogP) is 6.44. The zero-order valence-corrected chi connectivity index (χ0v) is 16.8. The fraction of sp³-hybridized carbons (Fsp3) is 0.160. The molecule has 1 unspecified atom stereocenters. The molecule has 142 valence electrons. The fourth-order valence-electron chi connectivity index (χ4n) is 3.75. The van der Waals surface area contributed by atoms with Gasteiger partial charge >= 0.3 is 0 Å². The van der Waals surface area contributed by atoms with Crippen molar-refractivity contribution in [2.45, 2.75) is 40.4 Å². The van der Waals surface area contributed by atoms with Gasteiger partial charge in [-0.1, -0.05) is 48.5 Å². The Bertz CT molecular complexity index is 969. The Morgan fingerprint density at radius 2 is 1.36 bits per heavy atom. The van der Waals surface area contributed by atoms with E-state index in [1.807, 2.05) is 12.1 Å². The molecule has 28 heavy (non-hydrogen) atoms. The summed E-state index contributed by atoms with van der Waals surface area (Å²) in [7, 11) is -0.674. The molecule has 2 nitrogen and oxygen atoms in total.